The Morgan fingerprint density at radius 2 is 1.79 bits per heavy atom. The van der Waals surface area contributed by atoms with E-state index < -0.39 is 22.2 Å². The average Bonchev–Trinajstić information content (AvgIpc) is 3.40. The minimum Gasteiger partial charge on any atom is -0.413 e. The van der Waals surface area contributed by atoms with Crippen LogP contribution in [0.4, 0.5) is 35.9 Å². The van der Waals surface area contributed by atoms with Crippen molar-refractivity contribution in [3.8, 4) is 17.0 Å². The average molecular weight is 614 g/mol. The lowest BCUT2D eigenvalue weighted by atomic mass is 10.1. The summed E-state index contributed by atoms with van der Waals surface area (Å²) in [6, 6.07) is 16.8. The number of fused-ring (bicyclic) bond motifs is 2. The number of nitrogens with one attached hydrogen (secondary N) is 3. The summed E-state index contributed by atoms with van der Waals surface area (Å²) in [4.78, 5) is 15.3. The van der Waals surface area contributed by atoms with Crippen molar-refractivity contribution in [2.75, 3.05) is 44.3 Å². The van der Waals surface area contributed by atoms with Crippen molar-refractivity contribution in [2.24, 2.45) is 0 Å². The van der Waals surface area contributed by atoms with Crippen molar-refractivity contribution in [3.05, 3.63) is 73.1 Å². The van der Waals surface area contributed by atoms with Gasteiger partial charge in [-0.15, -0.1) is 0 Å². The molecule has 14 heteroatoms. The number of aromatic amines is 1. The van der Waals surface area contributed by atoms with Crippen LogP contribution in [0, 0.1) is 0 Å². The van der Waals surface area contributed by atoms with Crippen LogP contribution in [0.3, 0.4) is 0 Å². The van der Waals surface area contributed by atoms with Gasteiger partial charge in [0, 0.05) is 66.7 Å². The van der Waals surface area contributed by atoms with Gasteiger partial charge >= 0.3 is 12.1 Å². The Bertz CT molecular complexity index is 1880. The number of benzene rings is 3. The highest BCUT2D eigenvalue weighted by atomic mass is 32.2. The molecular formula is C29H28F3N6O4S+. The zero-order chi connectivity index (χ0) is 30.6. The van der Waals surface area contributed by atoms with Gasteiger partial charge in [-0.05, 0) is 24.3 Å². The molecule has 0 bridgehead atoms. The monoisotopic (exact) mass is 613 g/mol. The van der Waals surface area contributed by atoms with Gasteiger partial charge in [0.1, 0.15) is 17.6 Å². The number of quaternary nitrogens is 1. The van der Waals surface area contributed by atoms with Crippen LogP contribution in [-0.2, 0) is 14.8 Å². The first-order valence-corrected chi connectivity index (χ1v) is 14.8. The molecule has 1 unspecified atom stereocenters. The number of nitrogens with zero attached hydrogens (tertiary/aromatic N) is 2. The Labute approximate surface area is 245 Å². The number of carbonyl (C=O) groups excluding carboxylic acids is 1. The molecule has 0 saturated carbocycles. The summed E-state index contributed by atoms with van der Waals surface area (Å²) in [6.07, 6.45) is -1.88. The third kappa shape index (κ3) is 5.12. The van der Waals surface area contributed by atoms with Crippen LogP contribution < -0.4 is 25.6 Å². The van der Waals surface area contributed by atoms with Gasteiger partial charge in [0.2, 0.25) is 15.7 Å². The Hall–Kier alpha value is -4.37. The number of alkyl halides is 3. The van der Waals surface area contributed by atoms with E-state index >= 15 is 0 Å². The maximum absolute atomic E-state index is 13.6. The standard InChI is InChI=1S/C29H28F3N6O4S/c1-38(13-10-35-24-15-19(33)16-25(27(24)38)42-28(39)29(30,31)32)20-7-6-18-14-23(36-22(18)17-20)21-4-2-3-5-26(21)43(40,41)37-11-8-34-9-12-37/h2-7,10,13-17,34-36H,8-9,11-12,33H2,1H3/q+1. The van der Waals surface area contributed by atoms with Crippen molar-refractivity contribution in [1.29, 1.82) is 0 Å². The van der Waals surface area contributed by atoms with E-state index in [2.05, 4.69) is 15.6 Å². The Morgan fingerprint density at radius 1 is 1.05 bits per heavy atom. The molecule has 1 saturated heterocycles. The molecule has 4 aromatic rings. The Balaban J connectivity index is 1.43. The van der Waals surface area contributed by atoms with E-state index in [1.807, 2.05) is 18.2 Å². The van der Waals surface area contributed by atoms with E-state index in [0.29, 0.717) is 54.3 Å². The predicted octanol–water partition coefficient (Wildman–Crippen LogP) is 4.64. The van der Waals surface area contributed by atoms with Gasteiger partial charge in [0.05, 0.1) is 23.7 Å². The van der Waals surface area contributed by atoms with E-state index in [9.17, 15) is 26.4 Å². The molecule has 5 N–H and O–H groups in total. The smallest absolute Gasteiger partial charge is 0.413 e. The molecule has 3 heterocycles. The second-order valence-corrected chi connectivity index (χ2v) is 12.3. The number of carbonyl (C=O) groups is 1. The molecule has 1 aromatic heterocycles. The minimum absolute atomic E-state index is 0.108. The first-order chi connectivity index (χ1) is 20.4. The first-order valence-electron chi connectivity index (χ1n) is 13.3. The topological polar surface area (TPSA) is 130 Å². The Kier molecular flexibility index (Phi) is 6.96. The number of ether oxygens (including phenoxy) is 1. The maximum Gasteiger partial charge on any atom is 0.491 e. The number of esters is 1. The molecule has 10 nitrogen and oxygen atoms in total. The van der Waals surface area contributed by atoms with Gasteiger partial charge in [-0.2, -0.15) is 17.5 Å². The number of rotatable bonds is 5. The SMILES string of the molecule is C[N+]1(c2ccc3cc(-c4ccccc4S(=O)(=O)N4CCNCC4)[nH]c3c2)C=CNc2cc(N)cc(OC(=O)C(F)(F)F)c21. The van der Waals surface area contributed by atoms with Crippen molar-refractivity contribution in [3.63, 3.8) is 0 Å². The van der Waals surface area contributed by atoms with Crippen molar-refractivity contribution in [2.45, 2.75) is 11.1 Å². The molecule has 2 aliphatic heterocycles. The third-order valence-electron chi connectivity index (χ3n) is 7.62. The van der Waals surface area contributed by atoms with Gasteiger partial charge in [-0.25, -0.2) is 17.7 Å². The van der Waals surface area contributed by atoms with E-state index in [1.165, 1.54) is 10.4 Å². The molecule has 224 valence electrons. The number of sulfonamides is 1. The highest BCUT2D eigenvalue weighted by molar-refractivity contribution is 7.89. The molecule has 1 atom stereocenters. The zero-order valence-electron chi connectivity index (χ0n) is 22.9. The van der Waals surface area contributed by atoms with Crippen LogP contribution in [0.1, 0.15) is 0 Å². The fourth-order valence-electron chi connectivity index (χ4n) is 5.51. The van der Waals surface area contributed by atoms with E-state index in [-0.39, 0.29) is 26.5 Å². The molecule has 2 aliphatic rings. The lowest BCUT2D eigenvalue weighted by Crippen LogP contribution is -2.46. The summed E-state index contributed by atoms with van der Waals surface area (Å²) in [7, 11) is -2.02. The lowest BCUT2D eigenvalue weighted by molar-refractivity contribution is -0.189. The summed E-state index contributed by atoms with van der Waals surface area (Å²) in [6.45, 7) is 1.90. The first kappa shape index (κ1) is 28.7. The molecule has 3 aromatic carbocycles. The summed E-state index contributed by atoms with van der Waals surface area (Å²) in [5, 5.41) is 6.92. The number of halogens is 3. The largest absolute Gasteiger partial charge is 0.491 e. The zero-order valence-corrected chi connectivity index (χ0v) is 23.7. The normalized spacial score (nSPS) is 19.2. The van der Waals surface area contributed by atoms with Crippen LogP contribution in [0.15, 0.2) is 78.0 Å². The summed E-state index contributed by atoms with van der Waals surface area (Å²) >= 11 is 0. The molecule has 43 heavy (non-hydrogen) atoms. The Morgan fingerprint density at radius 3 is 2.53 bits per heavy atom. The fraction of sp³-hybridized carbons (Fsp3) is 0.207. The molecule has 0 aliphatic carbocycles. The maximum atomic E-state index is 13.6. The summed E-state index contributed by atoms with van der Waals surface area (Å²) in [5.41, 5.74) is 9.04. The number of anilines is 2. The number of piperazine rings is 1. The van der Waals surface area contributed by atoms with E-state index in [1.54, 1.807) is 55.8 Å². The van der Waals surface area contributed by atoms with Crippen molar-refractivity contribution in [1.82, 2.24) is 19.1 Å². The fourth-order valence-corrected chi connectivity index (χ4v) is 7.15. The van der Waals surface area contributed by atoms with Crippen LogP contribution in [-0.4, -0.2) is 63.1 Å². The van der Waals surface area contributed by atoms with Crippen LogP contribution in [0.5, 0.6) is 5.75 Å². The summed E-state index contributed by atoms with van der Waals surface area (Å²) < 4.78 is 72.6. The number of hydrogen-bond donors (Lipinski definition) is 4. The second-order valence-electron chi connectivity index (χ2n) is 10.4. The van der Waals surface area contributed by atoms with Gasteiger partial charge in [-0.3, -0.25) is 0 Å². The highest BCUT2D eigenvalue weighted by Crippen LogP contribution is 2.49. The molecular weight excluding hydrogens is 585 g/mol. The molecule has 0 radical (unpaired) electrons. The van der Waals surface area contributed by atoms with Gasteiger partial charge < -0.3 is 26.1 Å². The quantitative estimate of drug-likeness (QED) is 0.112. The predicted molar refractivity (Wildman–Crippen MR) is 158 cm³/mol. The van der Waals surface area contributed by atoms with Gasteiger partial charge in [-0.1, -0.05) is 18.2 Å². The van der Waals surface area contributed by atoms with E-state index in [4.69, 9.17) is 10.5 Å². The van der Waals surface area contributed by atoms with Crippen LogP contribution >= 0.6 is 0 Å². The third-order valence-corrected chi connectivity index (χ3v) is 9.58. The molecule has 0 spiro atoms. The second kappa shape index (κ2) is 10.4. The summed E-state index contributed by atoms with van der Waals surface area (Å²) in [5.74, 6) is -2.70. The molecule has 0 amide bonds. The number of hydrogen-bond acceptors (Lipinski definition) is 7. The number of aromatic nitrogens is 1. The number of H-pyrrole nitrogens is 1. The van der Waals surface area contributed by atoms with Gasteiger partial charge in [0.15, 0.2) is 5.75 Å². The number of nitrogen functional groups attached to an aromatic ring is 1. The molecule has 1 fully saturated rings. The van der Waals surface area contributed by atoms with E-state index in [0.717, 1.165) is 5.39 Å². The lowest BCUT2D eigenvalue weighted by Gasteiger charge is -2.34. The highest BCUT2D eigenvalue weighted by Gasteiger charge is 2.44. The van der Waals surface area contributed by atoms with Crippen molar-refractivity contribution < 1.29 is 31.1 Å². The number of nitrogens with two attached hydrogens (primary N) is 1. The van der Waals surface area contributed by atoms with Crippen LogP contribution in [0.2, 0.25) is 0 Å². The molecule has 6 rings (SSSR count). The van der Waals surface area contributed by atoms with Crippen molar-refractivity contribution >= 4 is 49.6 Å². The van der Waals surface area contributed by atoms with Crippen LogP contribution in [0.25, 0.3) is 22.2 Å². The minimum atomic E-state index is -5.20. The van der Waals surface area contributed by atoms with Gasteiger partial charge in [0.25, 0.3) is 0 Å².